The normalized spacial score (nSPS) is 11.0. The van der Waals surface area contributed by atoms with E-state index >= 15 is 0 Å². The third-order valence-corrected chi connectivity index (χ3v) is 4.00. The van der Waals surface area contributed by atoms with Crippen LogP contribution in [0.2, 0.25) is 0 Å². The number of amides is 1. The molecule has 0 unspecified atom stereocenters. The van der Waals surface area contributed by atoms with Gasteiger partial charge in [0.05, 0.1) is 12.2 Å². The quantitative estimate of drug-likeness (QED) is 0.728. The van der Waals surface area contributed by atoms with Gasteiger partial charge in [0.2, 0.25) is 0 Å². The lowest BCUT2D eigenvalue weighted by atomic mass is 9.95. The number of phenols is 1. The maximum Gasteiger partial charge on any atom is 0.253 e. The van der Waals surface area contributed by atoms with E-state index in [0.717, 1.165) is 16.7 Å². The van der Waals surface area contributed by atoms with Gasteiger partial charge in [-0.3, -0.25) is 4.79 Å². The molecule has 25 heavy (non-hydrogen) atoms. The van der Waals surface area contributed by atoms with Crippen molar-refractivity contribution in [2.75, 3.05) is 6.61 Å². The molecule has 0 aromatic heterocycles. The first-order valence-corrected chi connectivity index (χ1v) is 8.25. The summed E-state index contributed by atoms with van der Waals surface area (Å²) in [6.45, 7) is 4.77. The Morgan fingerprint density at radius 1 is 1.12 bits per heavy atom. The molecule has 0 saturated heterocycles. The number of hydrogen-bond acceptors (Lipinski definition) is 3. The van der Waals surface area contributed by atoms with E-state index in [0.29, 0.717) is 23.5 Å². The SMILES string of the molecule is CC(C)COc1cccc(-c2cc3ccccc3c(C(N)=O)c2O)c1. The number of nitrogens with two attached hydrogens (primary N) is 1. The zero-order chi connectivity index (χ0) is 18.0. The highest BCUT2D eigenvalue weighted by atomic mass is 16.5. The summed E-state index contributed by atoms with van der Waals surface area (Å²) in [5, 5.41) is 12.2. The summed E-state index contributed by atoms with van der Waals surface area (Å²) in [5.74, 6) is 0.383. The van der Waals surface area contributed by atoms with E-state index in [1.807, 2.05) is 48.5 Å². The first kappa shape index (κ1) is 16.8. The van der Waals surface area contributed by atoms with Crippen molar-refractivity contribution >= 4 is 16.7 Å². The van der Waals surface area contributed by atoms with Crippen LogP contribution in [0.4, 0.5) is 0 Å². The molecule has 3 rings (SSSR count). The molecule has 4 nitrogen and oxygen atoms in total. The fourth-order valence-corrected chi connectivity index (χ4v) is 2.82. The van der Waals surface area contributed by atoms with Crippen molar-refractivity contribution in [2.24, 2.45) is 11.7 Å². The van der Waals surface area contributed by atoms with Gasteiger partial charge in [-0.15, -0.1) is 0 Å². The second-order valence-electron chi connectivity index (χ2n) is 6.47. The third-order valence-electron chi connectivity index (χ3n) is 4.00. The Labute approximate surface area is 146 Å². The van der Waals surface area contributed by atoms with Crippen molar-refractivity contribution in [3.8, 4) is 22.6 Å². The van der Waals surface area contributed by atoms with Gasteiger partial charge in [-0.25, -0.2) is 0 Å². The lowest BCUT2D eigenvalue weighted by molar-refractivity contribution is 0.0999. The van der Waals surface area contributed by atoms with Gasteiger partial charge in [-0.2, -0.15) is 0 Å². The number of primary amides is 1. The Morgan fingerprint density at radius 3 is 2.60 bits per heavy atom. The van der Waals surface area contributed by atoms with Gasteiger partial charge >= 0.3 is 0 Å². The predicted molar refractivity (Wildman–Crippen MR) is 99.9 cm³/mol. The summed E-state index contributed by atoms with van der Waals surface area (Å²) in [6, 6.07) is 16.7. The van der Waals surface area contributed by atoms with Crippen LogP contribution in [-0.2, 0) is 0 Å². The molecule has 0 fully saturated rings. The van der Waals surface area contributed by atoms with E-state index < -0.39 is 5.91 Å². The molecule has 3 aromatic carbocycles. The van der Waals surface area contributed by atoms with Crippen LogP contribution >= 0.6 is 0 Å². The van der Waals surface area contributed by atoms with Gasteiger partial charge in [0, 0.05) is 5.56 Å². The maximum absolute atomic E-state index is 11.9. The Morgan fingerprint density at radius 2 is 1.88 bits per heavy atom. The van der Waals surface area contributed by atoms with Crippen LogP contribution in [0.15, 0.2) is 54.6 Å². The van der Waals surface area contributed by atoms with Crippen molar-refractivity contribution in [3.63, 3.8) is 0 Å². The van der Waals surface area contributed by atoms with Crippen LogP contribution in [0.3, 0.4) is 0 Å². The van der Waals surface area contributed by atoms with E-state index in [-0.39, 0.29) is 11.3 Å². The lowest BCUT2D eigenvalue weighted by Gasteiger charge is -2.14. The highest BCUT2D eigenvalue weighted by molar-refractivity contribution is 6.11. The Hall–Kier alpha value is -3.01. The van der Waals surface area contributed by atoms with Crippen molar-refractivity contribution in [1.29, 1.82) is 0 Å². The number of ether oxygens (including phenoxy) is 1. The fourth-order valence-electron chi connectivity index (χ4n) is 2.82. The summed E-state index contributed by atoms with van der Waals surface area (Å²) in [5.41, 5.74) is 6.98. The largest absolute Gasteiger partial charge is 0.506 e. The molecular weight excluding hydrogens is 314 g/mol. The minimum absolute atomic E-state index is 0.104. The molecule has 0 bridgehead atoms. The zero-order valence-electron chi connectivity index (χ0n) is 14.3. The maximum atomic E-state index is 11.9. The topological polar surface area (TPSA) is 72.5 Å². The number of rotatable bonds is 5. The number of carbonyl (C=O) groups is 1. The van der Waals surface area contributed by atoms with Gasteiger partial charge in [0.15, 0.2) is 0 Å². The summed E-state index contributed by atoms with van der Waals surface area (Å²) >= 11 is 0. The molecule has 0 aliphatic carbocycles. The standard InChI is InChI=1S/C21H21NO3/c1-13(2)12-25-16-8-5-7-14(10-16)18-11-15-6-3-4-9-17(15)19(20(18)23)21(22)24/h3-11,13,23H,12H2,1-2H3,(H2,22,24). The van der Waals surface area contributed by atoms with E-state index in [4.69, 9.17) is 10.5 Å². The monoisotopic (exact) mass is 335 g/mol. The highest BCUT2D eigenvalue weighted by Crippen LogP contribution is 2.38. The Bertz CT molecular complexity index is 932. The first-order chi connectivity index (χ1) is 12.0. The van der Waals surface area contributed by atoms with Crippen LogP contribution in [0.25, 0.3) is 21.9 Å². The molecule has 0 radical (unpaired) electrons. The van der Waals surface area contributed by atoms with Gasteiger partial charge in [0.1, 0.15) is 11.5 Å². The van der Waals surface area contributed by atoms with Gasteiger partial charge in [-0.05, 0) is 40.5 Å². The Balaban J connectivity index is 2.14. The predicted octanol–water partition coefficient (Wildman–Crippen LogP) is 4.35. The molecule has 0 aliphatic rings. The molecule has 0 saturated carbocycles. The summed E-state index contributed by atoms with van der Waals surface area (Å²) < 4.78 is 5.76. The highest BCUT2D eigenvalue weighted by Gasteiger charge is 2.18. The fraction of sp³-hybridized carbons (Fsp3) is 0.190. The smallest absolute Gasteiger partial charge is 0.253 e. The molecule has 0 spiro atoms. The summed E-state index contributed by atoms with van der Waals surface area (Å²) in [7, 11) is 0. The first-order valence-electron chi connectivity index (χ1n) is 8.25. The van der Waals surface area contributed by atoms with Crippen LogP contribution in [0, 0.1) is 5.92 Å². The zero-order valence-corrected chi connectivity index (χ0v) is 14.3. The van der Waals surface area contributed by atoms with E-state index in [2.05, 4.69) is 13.8 Å². The Kier molecular flexibility index (Phi) is 4.61. The molecule has 0 aliphatic heterocycles. The summed E-state index contributed by atoms with van der Waals surface area (Å²) in [6.07, 6.45) is 0. The number of aromatic hydroxyl groups is 1. The lowest BCUT2D eigenvalue weighted by Crippen LogP contribution is -2.12. The second-order valence-corrected chi connectivity index (χ2v) is 6.47. The molecule has 0 atom stereocenters. The molecular formula is C21H21NO3. The molecule has 1 amide bonds. The van der Waals surface area contributed by atoms with Crippen molar-refractivity contribution in [3.05, 3.63) is 60.2 Å². The number of fused-ring (bicyclic) bond motifs is 1. The van der Waals surface area contributed by atoms with E-state index in [1.165, 1.54) is 0 Å². The average molecular weight is 335 g/mol. The number of hydrogen-bond donors (Lipinski definition) is 2. The molecule has 0 heterocycles. The third kappa shape index (κ3) is 3.43. The molecule has 128 valence electrons. The van der Waals surface area contributed by atoms with Gasteiger partial charge in [-0.1, -0.05) is 50.2 Å². The van der Waals surface area contributed by atoms with E-state index in [9.17, 15) is 9.90 Å². The van der Waals surface area contributed by atoms with Crippen LogP contribution in [0.5, 0.6) is 11.5 Å². The minimum atomic E-state index is -0.650. The van der Waals surface area contributed by atoms with Crippen molar-refractivity contribution in [1.82, 2.24) is 0 Å². The molecule has 4 heteroatoms. The van der Waals surface area contributed by atoms with Crippen LogP contribution in [0.1, 0.15) is 24.2 Å². The van der Waals surface area contributed by atoms with Crippen LogP contribution < -0.4 is 10.5 Å². The molecule has 3 N–H and O–H groups in total. The van der Waals surface area contributed by atoms with Gasteiger partial charge in [0.25, 0.3) is 5.91 Å². The van der Waals surface area contributed by atoms with E-state index in [1.54, 1.807) is 6.07 Å². The van der Waals surface area contributed by atoms with Crippen molar-refractivity contribution < 1.29 is 14.6 Å². The van der Waals surface area contributed by atoms with Gasteiger partial charge < -0.3 is 15.6 Å². The van der Waals surface area contributed by atoms with Crippen LogP contribution in [-0.4, -0.2) is 17.6 Å². The molecule has 3 aromatic rings. The minimum Gasteiger partial charge on any atom is -0.506 e. The number of carbonyl (C=O) groups excluding carboxylic acids is 1. The second kappa shape index (κ2) is 6.85. The average Bonchev–Trinajstić information content (AvgIpc) is 2.59. The number of benzene rings is 3. The van der Waals surface area contributed by atoms with Crippen molar-refractivity contribution in [2.45, 2.75) is 13.8 Å². The summed E-state index contributed by atoms with van der Waals surface area (Å²) in [4.78, 5) is 11.9.